The van der Waals surface area contributed by atoms with Gasteiger partial charge in [-0.25, -0.2) is 13.8 Å². The first kappa shape index (κ1) is 29.9. The van der Waals surface area contributed by atoms with Crippen LogP contribution in [0.5, 0.6) is 0 Å². The number of halogens is 2. The number of carbonyl (C=O) groups excluding carboxylic acids is 1. The lowest BCUT2D eigenvalue weighted by Crippen LogP contribution is -2.40. The van der Waals surface area contributed by atoms with Crippen molar-refractivity contribution in [1.29, 1.82) is 0 Å². The summed E-state index contributed by atoms with van der Waals surface area (Å²) in [6.45, 7) is 9.50. The van der Waals surface area contributed by atoms with E-state index in [1.807, 2.05) is 42.1 Å². The van der Waals surface area contributed by atoms with Crippen LogP contribution in [-0.2, 0) is 16.1 Å². The molecule has 0 unspecified atom stereocenters. The Kier molecular flexibility index (Phi) is 8.88. The van der Waals surface area contributed by atoms with Crippen molar-refractivity contribution in [1.82, 2.24) is 29.9 Å². The molecule has 5 heterocycles. The van der Waals surface area contributed by atoms with Gasteiger partial charge in [0, 0.05) is 33.8 Å². The number of thiophene rings is 1. The van der Waals surface area contributed by atoms with E-state index in [0.717, 1.165) is 11.1 Å². The first-order valence-corrected chi connectivity index (χ1v) is 14.5. The molecule has 5 rings (SSSR count). The van der Waals surface area contributed by atoms with E-state index in [4.69, 9.17) is 14.8 Å². The molecule has 9 nitrogen and oxygen atoms in total. The van der Waals surface area contributed by atoms with E-state index in [2.05, 4.69) is 16.8 Å². The van der Waals surface area contributed by atoms with Gasteiger partial charge in [-0.2, -0.15) is 15.3 Å². The van der Waals surface area contributed by atoms with Gasteiger partial charge in [0.15, 0.2) is 0 Å². The number of ether oxygens (including phenoxy) is 1. The summed E-state index contributed by atoms with van der Waals surface area (Å²) in [5.41, 5.74) is 3.87. The van der Waals surface area contributed by atoms with Gasteiger partial charge in [0.2, 0.25) is 5.91 Å². The Morgan fingerprint density at radius 2 is 2.12 bits per heavy atom. The number of rotatable bonds is 9. The fourth-order valence-electron chi connectivity index (χ4n) is 5.26. The SMILES string of the molecule is C=CC(=O)N1CCn2nc(-c3nc(-c4cnnc(C)c4)c4ccsc4c3C(/C(=C\C)OCCO)=C(F)/C=C/F)cc2[C@@H]1C. The molecular formula is C31H30F2N6O3S. The van der Waals surface area contributed by atoms with Gasteiger partial charge in [-0.1, -0.05) is 6.58 Å². The maximum atomic E-state index is 15.9. The third-order valence-corrected chi connectivity index (χ3v) is 8.11. The number of amides is 1. The third-order valence-electron chi connectivity index (χ3n) is 7.17. The van der Waals surface area contributed by atoms with Gasteiger partial charge < -0.3 is 14.7 Å². The van der Waals surface area contributed by atoms with Crippen LogP contribution in [0.4, 0.5) is 8.78 Å². The first-order chi connectivity index (χ1) is 20.8. The third kappa shape index (κ3) is 5.63. The molecule has 1 N–H and O–H groups in total. The predicted molar refractivity (Wildman–Crippen MR) is 162 cm³/mol. The second-order valence-electron chi connectivity index (χ2n) is 9.76. The number of aryl methyl sites for hydroxylation is 1. The molecule has 0 spiro atoms. The highest BCUT2D eigenvalue weighted by Gasteiger charge is 2.31. The minimum atomic E-state index is -0.888. The van der Waals surface area contributed by atoms with Crippen LogP contribution in [0.3, 0.4) is 0 Å². The molecule has 0 fully saturated rings. The fraction of sp³-hybridized carbons (Fsp3) is 0.258. The number of hydrogen-bond acceptors (Lipinski definition) is 8. The summed E-state index contributed by atoms with van der Waals surface area (Å²) in [5, 5.41) is 25.1. The molecule has 0 saturated carbocycles. The number of fused-ring (bicyclic) bond motifs is 2. The lowest BCUT2D eigenvalue weighted by atomic mass is 9.95. The zero-order chi connectivity index (χ0) is 30.7. The zero-order valence-corrected chi connectivity index (χ0v) is 24.7. The highest BCUT2D eigenvalue weighted by Crippen LogP contribution is 2.45. The summed E-state index contributed by atoms with van der Waals surface area (Å²) in [7, 11) is 0. The number of aliphatic hydroxyl groups excluding tert-OH is 1. The number of aromatic nitrogens is 5. The monoisotopic (exact) mass is 604 g/mol. The second kappa shape index (κ2) is 12.8. The Bertz CT molecular complexity index is 1790. The largest absolute Gasteiger partial charge is 0.491 e. The molecule has 0 radical (unpaired) electrons. The Labute approximate surface area is 251 Å². The van der Waals surface area contributed by atoms with Crippen molar-refractivity contribution >= 4 is 32.9 Å². The molecule has 0 aromatic carbocycles. The van der Waals surface area contributed by atoms with Gasteiger partial charge >= 0.3 is 0 Å². The highest BCUT2D eigenvalue weighted by atomic mass is 32.1. The van der Waals surface area contributed by atoms with Crippen LogP contribution in [0, 0.1) is 6.92 Å². The van der Waals surface area contributed by atoms with Gasteiger partial charge in [0.25, 0.3) is 0 Å². The predicted octanol–water partition coefficient (Wildman–Crippen LogP) is 6.09. The maximum Gasteiger partial charge on any atom is 0.246 e. The Morgan fingerprint density at radius 1 is 1.30 bits per heavy atom. The van der Waals surface area contributed by atoms with Crippen molar-refractivity contribution in [3.05, 3.63) is 89.5 Å². The van der Waals surface area contributed by atoms with E-state index in [9.17, 15) is 14.3 Å². The molecule has 0 saturated heterocycles. The Balaban J connectivity index is 1.85. The van der Waals surface area contributed by atoms with Crippen LogP contribution in [0.25, 0.3) is 38.3 Å². The molecule has 1 amide bonds. The quantitative estimate of drug-likeness (QED) is 0.140. The van der Waals surface area contributed by atoms with Gasteiger partial charge in [0.05, 0.1) is 54.4 Å². The Hall–Kier alpha value is -4.55. The first-order valence-electron chi connectivity index (χ1n) is 13.6. The summed E-state index contributed by atoms with van der Waals surface area (Å²) in [5.74, 6) is -0.968. The van der Waals surface area contributed by atoms with Gasteiger partial charge in [-0.05, 0) is 56.5 Å². The normalized spacial score (nSPS) is 16.0. The number of allylic oxidation sites excluding steroid dienone is 4. The van der Waals surface area contributed by atoms with E-state index >= 15 is 4.39 Å². The van der Waals surface area contributed by atoms with Crippen molar-refractivity contribution in [3.63, 3.8) is 0 Å². The number of carbonyl (C=O) groups is 1. The molecule has 4 aromatic heterocycles. The number of aliphatic hydroxyl groups is 1. The maximum absolute atomic E-state index is 15.9. The molecule has 222 valence electrons. The standard InChI is InChI=1S/C31H30F2N6O3S/c1-5-25(42-13-12-40)27(22(33)7-9-32)28-30(23-16-24-19(4)38(26(41)6-2)10-11-39(24)37-23)35-29(21-8-14-43-31(21)28)20-15-18(3)36-34-17-20/h5-9,14-17,19,40H,2,10-13H2,1,3-4H3/b9-7+,25-5+,27-22-/t19-/m0/s1. The summed E-state index contributed by atoms with van der Waals surface area (Å²) in [6.07, 6.45) is 5.29. The summed E-state index contributed by atoms with van der Waals surface area (Å²) in [4.78, 5) is 19.3. The summed E-state index contributed by atoms with van der Waals surface area (Å²) < 4.78 is 37.6. The van der Waals surface area contributed by atoms with Crippen LogP contribution in [0.2, 0.25) is 0 Å². The van der Waals surface area contributed by atoms with E-state index in [1.54, 1.807) is 24.1 Å². The zero-order valence-electron chi connectivity index (χ0n) is 23.9. The van der Waals surface area contributed by atoms with Crippen molar-refractivity contribution in [2.45, 2.75) is 33.4 Å². The van der Waals surface area contributed by atoms with Crippen molar-refractivity contribution < 1.29 is 23.4 Å². The van der Waals surface area contributed by atoms with Crippen molar-refractivity contribution in [2.24, 2.45) is 0 Å². The van der Waals surface area contributed by atoms with Crippen LogP contribution < -0.4 is 0 Å². The lowest BCUT2D eigenvalue weighted by molar-refractivity contribution is -0.129. The molecule has 0 bridgehead atoms. The topological polar surface area (TPSA) is 106 Å². The average molecular weight is 605 g/mol. The fourth-order valence-corrected chi connectivity index (χ4v) is 6.20. The number of hydrogen-bond donors (Lipinski definition) is 1. The molecular weight excluding hydrogens is 574 g/mol. The minimum Gasteiger partial charge on any atom is -0.491 e. The lowest BCUT2D eigenvalue weighted by Gasteiger charge is -2.33. The van der Waals surface area contributed by atoms with Gasteiger partial charge in [-0.15, -0.1) is 11.3 Å². The van der Waals surface area contributed by atoms with Crippen molar-refractivity contribution in [2.75, 3.05) is 19.8 Å². The molecule has 43 heavy (non-hydrogen) atoms. The smallest absolute Gasteiger partial charge is 0.246 e. The number of nitrogens with zero attached hydrogens (tertiary/aromatic N) is 6. The molecule has 12 heteroatoms. The van der Waals surface area contributed by atoms with E-state index in [1.165, 1.54) is 17.4 Å². The van der Waals surface area contributed by atoms with Gasteiger partial charge in [-0.3, -0.25) is 9.48 Å². The summed E-state index contributed by atoms with van der Waals surface area (Å²) in [6, 6.07) is 5.28. The van der Waals surface area contributed by atoms with Crippen LogP contribution in [0.1, 0.15) is 36.8 Å². The summed E-state index contributed by atoms with van der Waals surface area (Å²) >= 11 is 1.37. The highest BCUT2D eigenvalue weighted by molar-refractivity contribution is 7.17. The molecule has 0 aliphatic carbocycles. The van der Waals surface area contributed by atoms with E-state index < -0.39 is 5.83 Å². The van der Waals surface area contributed by atoms with Crippen LogP contribution in [-0.4, -0.2) is 60.6 Å². The van der Waals surface area contributed by atoms with Gasteiger partial charge in [0.1, 0.15) is 29.6 Å². The average Bonchev–Trinajstić information content (AvgIpc) is 3.67. The van der Waals surface area contributed by atoms with Crippen LogP contribution in [0.15, 0.2) is 72.5 Å². The molecule has 1 atom stereocenters. The Morgan fingerprint density at radius 3 is 2.81 bits per heavy atom. The van der Waals surface area contributed by atoms with E-state index in [-0.39, 0.29) is 42.8 Å². The number of pyridine rings is 1. The van der Waals surface area contributed by atoms with E-state index in [0.29, 0.717) is 57.8 Å². The van der Waals surface area contributed by atoms with Crippen molar-refractivity contribution in [3.8, 4) is 22.6 Å². The minimum absolute atomic E-state index is 0.0298. The molecule has 1 aliphatic heterocycles. The molecule has 1 aliphatic rings. The second-order valence-corrected chi connectivity index (χ2v) is 10.7. The molecule has 4 aromatic rings. The van der Waals surface area contributed by atoms with Crippen LogP contribution >= 0.6 is 11.3 Å².